The van der Waals surface area contributed by atoms with Crippen molar-refractivity contribution in [1.29, 1.82) is 0 Å². The van der Waals surface area contributed by atoms with Crippen LogP contribution in [0.4, 0.5) is 0 Å². The number of aliphatic hydroxyl groups is 2. The lowest BCUT2D eigenvalue weighted by atomic mass is 9.95. The summed E-state index contributed by atoms with van der Waals surface area (Å²) in [5, 5.41) is 43.6. The first-order valence-corrected chi connectivity index (χ1v) is 17.2. The first-order valence-electron chi connectivity index (χ1n) is 17.2. The van der Waals surface area contributed by atoms with Gasteiger partial charge in [-0.1, -0.05) is 48.0 Å². The van der Waals surface area contributed by atoms with Crippen molar-refractivity contribution in [2.45, 2.75) is 123 Å². The molecule has 0 unspecified atom stereocenters. The molecule has 0 bridgehead atoms. The number of guanidine groups is 1. The van der Waals surface area contributed by atoms with E-state index in [0.29, 0.717) is 6.42 Å². The van der Waals surface area contributed by atoms with Crippen LogP contribution in [-0.4, -0.2) is 124 Å². The Morgan fingerprint density at radius 2 is 1.15 bits per heavy atom. The zero-order chi connectivity index (χ0) is 40.5. The molecule has 0 aliphatic carbocycles. The van der Waals surface area contributed by atoms with Crippen LogP contribution in [0.5, 0.6) is 0 Å². The molecule has 15 N–H and O–H groups in total. The zero-order valence-corrected chi connectivity index (χ0v) is 31.3. The van der Waals surface area contributed by atoms with Crippen LogP contribution in [0.15, 0.2) is 4.99 Å². The van der Waals surface area contributed by atoms with E-state index in [4.69, 9.17) is 17.2 Å². The fraction of sp³-hybridized carbons (Fsp3) is 0.750. The molecule has 0 spiro atoms. The van der Waals surface area contributed by atoms with Crippen molar-refractivity contribution in [1.82, 2.24) is 31.9 Å². The molecule has 0 aliphatic rings. The average Bonchev–Trinajstić information content (AvgIpc) is 3.06. The molecular formula is C32H60N10O10. The highest BCUT2D eigenvalue weighted by Gasteiger charge is 2.36. The molecule has 0 rings (SSSR count). The number of carboxylic acids is 1. The lowest BCUT2D eigenvalue weighted by Crippen LogP contribution is -2.62. The molecule has 0 fully saturated rings. The number of nitrogens with one attached hydrogen (secondary N) is 6. The van der Waals surface area contributed by atoms with E-state index in [-0.39, 0.29) is 31.3 Å². The number of carbonyl (C=O) groups is 7. The van der Waals surface area contributed by atoms with Crippen molar-refractivity contribution in [3.63, 3.8) is 0 Å². The maximum Gasteiger partial charge on any atom is 0.328 e. The van der Waals surface area contributed by atoms with E-state index in [1.165, 1.54) is 13.8 Å². The van der Waals surface area contributed by atoms with E-state index < -0.39 is 108 Å². The molecule has 52 heavy (non-hydrogen) atoms. The van der Waals surface area contributed by atoms with Gasteiger partial charge in [0.1, 0.15) is 36.3 Å². The number of aliphatic hydroxyl groups excluding tert-OH is 2. The number of aliphatic carboxylic acids is 1. The quantitative estimate of drug-likeness (QED) is 0.0271. The van der Waals surface area contributed by atoms with Gasteiger partial charge < -0.3 is 64.4 Å². The average molecular weight is 745 g/mol. The standard InChI is InChI=1S/C32H60N10O10/c1-9-16(6)23(29(49)40-22(15(4)5)28(48)39-20(13-43)31(51)52)41-26(46)19(11-10-12-36-32(34)35)38-30(50)24(18(8)44)42-25(45)17(7)37-27(47)21(33)14(2)3/h14-24,43-44H,9-13,33H2,1-8H3,(H,37,47)(H,38,50)(H,39,48)(H,40,49)(H,41,46)(H,42,45)(H,51,52)(H4,34,35,36)/t16-,17-,18+,19-,20-,21-,22-,23-,24-/m0/s1. The van der Waals surface area contributed by atoms with E-state index in [1.54, 1.807) is 41.5 Å². The Bertz CT molecular complexity index is 1260. The van der Waals surface area contributed by atoms with Crippen LogP contribution >= 0.6 is 0 Å². The van der Waals surface area contributed by atoms with E-state index in [0.717, 1.165) is 0 Å². The fourth-order valence-corrected chi connectivity index (χ4v) is 4.58. The highest BCUT2D eigenvalue weighted by molar-refractivity contribution is 5.97. The predicted molar refractivity (Wildman–Crippen MR) is 191 cm³/mol. The van der Waals surface area contributed by atoms with Gasteiger partial charge in [0, 0.05) is 6.54 Å². The number of amides is 6. The molecule has 20 heteroatoms. The van der Waals surface area contributed by atoms with Crippen molar-refractivity contribution in [2.75, 3.05) is 13.2 Å². The molecule has 0 aromatic rings. The van der Waals surface area contributed by atoms with Crippen LogP contribution in [0, 0.1) is 17.8 Å². The molecule has 20 nitrogen and oxygen atoms in total. The molecule has 6 amide bonds. The smallest absolute Gasteiger partial charge is 0.328 e. The van der Waals surface area contributed by atoms with E-state index in [1.807, 2.05) is 0 Å². The maximum absolute atomic E-state index is 13.7. The minimum absolute atomic E-state index is 0.0576. The Labute approximate surface area is 304 Å². The van der Waals surface area contributed by atoms with Crippen LogP contribution in [0.2, 0.25) is 0 Å². The maximum atomic E-state index is 13.7. The number of carbonyl (C=O) groups excluding carboxylic acids is 6. The highest BCUT2D eigenvalue weighted by atomic mass is 16.4. The number of aliphatic imine (C=N–C) groups is 1. The van der Waals surface area contributed by atoms with Crippen LogP contribution < -0.4 is 49.1 Å². The molecule has 0 saturated carbocycles. The van der Waals surface area contributed by atoms with Crippen molar-refractivity contribution in [2.24, 2.45) is 39.9 Å². The molecule has 9 atom stereocenters. The van der Waals surface area contributed by atoms with Gasteiger partial charge in [0.2, 0.25) is 35.4 Å². The Morgan fingerprint density at radius 3 is 1.62 bits per heavy atom. The summed E-state index contributed by atoms with van der Waals surface area (Å²) in [4.78, 5) is 94.2. The minimum Gasteiger partial charge on any atom is -0.480 e. The third-order valence-electron chi connectivity index (χ3n) is 8.25. The van der Waals surface area contributed by atoms with Crippen molar-refractivity contribution in [3.8, 4) is 0 Å². The number of rotatable bonds is 23. The second-order valence-corrected chi connectivity index (χ2v) is 13.4. The van der Waals surface area contributed by atoms with E-state index >= 15 is 0 Å². The minimum atomic E-state index is -1.61. The SMILES string of the molecule is CC[C@H](C)[C@H](NC(=O)[C@H](CCCN=C(N)N)NC(=O)[C@@H](NC(=O)[C@H](C)NC(=O)[C@@H](N)C(C)C)[C@@H](C)O)C(=O)N[C@H](C(=O)N[C@@H](CO)C(=O)O)C(C)C. The molecule has 0 aliphatic heterocycles. The van der Waals surface area contributed by atoms with Crippen LogP contribution in [0.1, 0.15) is 74.7 Å². The van der Waals surface area contributed by atoms with Crippen LogP contribution in [-0.2, 0) is 33.6 Å². The van der Waals surface area contributed by atoms with Crippen molar-refractivity contribution in [3.05, 3.63) is 0 Å². The van der Waals surface area contributed by atoms with Crippen molar-refractivity contribution < 1.29 is 48.9 Å². The van der Waals surface area contributed by atoms with E-state index in [9.17, 15) is 48.9 Å². The molecule has 0 aromatic heterocycles. The second kappa shape index (κ2) is 23.1. The van der Waals surface area contributed by atoms with Gasteiger partial charge in [0.25, 0.3) is 0 Å². The van der Waals surface area contributed by atoms with Gasteiger partial charge >= 0.3 is 5.97 Å². The predicted octanol–water partition coefficient (Wildman–Crippen LogP) is -3.89. The summed E-state index contributed by atoms with van der Waals surface area (Å²) >= 11 is 0. The van der Waals surface area contributed by atoms with Gasteiger partial charge in [-0.2, -0.15) is 0 Å². The summed E-state index contributed by atoms with van der Waals surface area (Å²) in [5.74, 6) is -7.78. The van der Waals surface area contributed by atoms with Gasteiger partial charge in [-0.05, 0) is 44.4 Å². The molecule has 0 aromatic carbocycles. The Balaban J connectivity index is 6.23. The molecule has 0 radical (unpaired) electrons. The zero-order valence-electron chi connectivity index (χ0n) is 31.3. The third kappa shape index (κ3) is 16.2. The topological polar surface area (TPSA) is 343 Å². The Hall–Kier alpha value is -4.56. The summed E-state index contributed by atoms with van der Waals surface area (Å²) in [6.07, 6.45) is -0.957. The first kappa shape index (κ1) is 47.4. The largest absolute Gasteiger partial charge is 0.480 e. The number of hydrogen-bond acceptors (Lipinski definition) is 11. The van der Waals surface area contributed by atoms with Gasteiger partial charge in [-0.25, -0.2) is 4.79 Å². The summed E-state index contributed by atoms with van der Waals surface area (Å²) in [6, 6.07) is -9.06. The van der Waals surface area contributed by atoms with Crippen LogP contribution in [0.25, 0.3) is 0 Å². The molecule has 298 valence electrons. The normalized spacial score (nSPS) is 16.4. The molecule has 0 heterocycles. The summed E-state index contributed by atoms with van der Waals surface area (Å²) in [6.45, 7) is 11.9. The number of nitrogens with two attached hydrogens (primary N) is 3. The monoisotopic (exact) mass is 744 g/mol. The lowest BCUT2D eigenvalue weighted by molar-refractivity contribution is -0.143. The number of carboxylic acid groups (broad SMARTS) is 1. The summed E-state index contributed by atoms with van der Waals surface area (Å²) < 4.78 is 0. The first-order chi connectivity index (χ1) is 24.1. The molecular weight excluding hydrogens is 684 g/mol. The van der Waals surface area contributed by atoms with Crippen molar-refractivity contribution >= 4 is 47.4 Å². The van der Waals surface area contributed by atoms with Gasteiger partial charge in [0.15, 0.2) is 5.96 Å². The van der Waals surface area contributed by atoms with Crippen LogP contribution in [0.3, 0.4) is 0 Å². The summed E-state index contributed by atoms with van der Waals surface area (Å²) in [5.41, 5.74) is 16.6. The highest BCUT2D eigenvalue weighted by Crippen LogP contribution is 2.12. The fourth-order valence-electron chi connectivity index (χ4n) is 4.58. The number of nitrogens with zero attached hydrogens (tertiary/aromatic N) is 1. The number of hydrogen-bond donors (Lipinski definition) is 12. The summed E-state index contributed by atoms with van der Waals surface area (Å²) in [7, 11) is 0. The molecule has 0 saturated heterocycles. The van der Waals surface area contributed by atoms with Gasteiger partial charge in [-0.3, -0.25) is 33.8 Å². The van der Waals surface area contributed by atoms with E-state index in [2.05, 4.69) is 36.9 Å². The van der Waals surface area contributed by atoms with Gasteiger partial charge in [0.05, 0.1) is 18.8 Å². The third-order valence-corrected chi connectivity index (χ3v) is 8.25. The van der Waals surface area contributed by atoms with Gasteiger partial charge in [-0.15, -0.1) is 0 Å². The Morgan fingerprint density at radius 1 is 0.654 bits per heavy atom. The lowest BCUT2D eigenvalue weighted by Gasteiger charge is -2.30. The Kier molecular flexibility index (Phi) is 21.1. The second-order valence-electron chi connectivity index (χ2n) is 13.4.